The third kappa shape index (κ3) is 4.27. The van der Waals surface area contributed by atoms with E-state index in [-0.39, 0.29) is 0 Å². The topological polar surface area (TPSA) is 99.5 Å². The summed E-state index contributed by atoms with van der Waals surface area (Å²) in [5, 5.41) is 12.5. The lowest BCUT2D eigenvalue weighted by Crippen LogP contribution is -2.33. The first kappa shape index (κ1) is 20.4. The standard InChI is InChI=1S/C24H28N8/c1-31-11-10-22(30-31)21-14-26-23(29-24(21)28-20-8-6-19(25)7-9-20)17-5-3-4-16(12-17)18-13-27-32(2)15-18/h3-5,10-15,19-20H,6-9,25H2,1-2H3,(H,26,28,29)/t19-,20+. The molecule has 1 aromatic carbocycles. The maximum absolute atomic E-state index is 6.11. The highest BCUT2D eigenvalue weighted by Crippen LogP contribution is 2.31. The summed E-state index contributed by atoms with van der Waals surface area (Å²) < 4.78 is 3.60. The minimum absolute atomic E-state index is 0.305. The number of nitrogens with zero attached hydrogens (tertiary/aromatic N) is 6. The smallest absolute Gasteiger partial charge is 0.161 e. The molecule has 0 radical (unpaired) electrons. The van der Waals surface area contributed by atoms with Gasteiger partial charge in [0.25, 0.3) is 0 Å². The maximum Gasteiger partial charge on any atom is 0.161 e. The summed E-state index contributed by atoms with van der Waals surface area (Å²) >= 11 is 0. The fraction of sp³-hybridized carbons (Fsp3) is 0.333. The van der Waals surface area contributed by atoms with Crippen LogP contribution in [0.3, 0.4) is 0 Å². The first-order valence-corrected chi connectivity index (χ1v) is 11.0. The van der Waals surface area contributed by atoms with E-state index >= 15 is 0 Å². The first-order chi connectivity index (χ1) is 15.5. The summed E-state index contributed by atoms with van der Waals surface area (Å²) in [5.41, 5.74) is 11.0. The van der Waals surface area contributed by atoms with Gasteiger partial charge in [0.05, 0.1) is 17.5 Å². The predicted molar refractivity (Wildman–Crippen MR) is 126 cm³/mol. The van der Waals surface area contributed by atoms with Crippen LogP contribution in [-0.2, 0) is 14.1 Å². The molecule has 0 amide bonds. The van der Waals surface area contributed by atoms with Crippen molar-refractivity contribution < 1.29 is 0 Å². The predicted octanol–water partition coefficient (Wildman–Crippen LogP) is 3.63. The molecule has 1 aliphatic carbocycles. The van der Waals surface area contributed by atoms with Gasteiger partial charge in [0.2, 0.25) is 0 Å². The van der Waals surface area contributed by atoms with Gasteiger partial charge in [-0.15, -0.1) is 0 Å². The average Bonchev–Trinajstić information content (AvgIpc) is 3.44. The van der Waals surface area contributed by atoms with Crippen molar-refractivity contribution in [3.63, 3.8) is 0 Å². The first-order valence-electron chi connectivity index (χ1n) is 11.0. The molecular formula is C24H28N8. The molecule has 8 nitrogen and oxygen atoms in total. The molecule has 1 fully saturated rings. The Morgan fingerprint density at radius 3 is 2.50 bits per heavy atom. The highest BCUT2D eigenvalue weighted by atomic mass is 15.3. The second-order valence-electron chi connectivity index (χ2n) is 8.57. The Balaban J connectivity index is 1.51. The number of benzene rings is 1. The van der Waals surface area contributed by atoms with E-state index in [1.165, 1.54) is 0 Å². The van der Waals surface area contributed by atoms with Crippen molar-refractivity contribution in [2.24, 2.45) is 19.8 Å². The Labute approximate surface area is 187 Å². The molecule has 0 spiro atoms. The molecule has 5 rings (SSSR count). The monoisotopic (exact) mass is 428 g/mol. The van der Waals surface area contributed by atoms with Crippen LogP contribution in [0, 0.1) is 0 Å². The van der Waals surface area contributed by atoms with Gasteiger partial charge in [-0.1, -0.05) is 18.2 Å². The Morgan fingerprint density at radius 1 is 0.969 bits per heavy atom. The molecule has 0 aliphatic heterocycles. The fourth-order valence-electron chi connectivity index (χ4n) is 4.24. The van der Waals surface area contributed by atoms with Crippen LogP contribution in [0.2, 0.25) is 0 Å². The molecule has 32 heavy (non-hydrogen) atoms. The minimum Gasteiger partial charge on any atom is -0.367 e. The molecule has 0 atom stereocenters. The van der Waals surface area contributed by atoms with E-state index in [1.54, 1.807) is 9.36 Å². The van der Waals surface area contributed by atoms with Gasteiger partial charge < -0.3 is 11.1 Å². The molecule has 164 valence electrons. The quantitative estimate of drug-likeness (QED) is 0.504. The highest BCUT2D eigenvalue weighted by molar-refractivity contribution is 5.75. The zero-order valence-corrected chi connectivity index (χ0v) is 18.4. The van der Waals surface area contributed by atoms with E-state index < -0.39 is 0 Å². The molecule has 3 heterocycles. The molecule has 0 unspecified atom stereocenters. The SMILES string of the molecule is Cn1cc(-c2cccc(-c3ncc(-c4ccn(C)n4)c(N[C@H]4CC[C@@H](N)CC4)n3)c2)cn1. The normalized spacial score (nSPS) is 18.6. The molecule has 1 saturated carbocycles. The number of nitrogens with two attached hydrogens (primary N) is 1. The van der Waals surface area contributed by atoms with Gasteiger partial charge in [-0.2, -0.15) is 10.2 Å². The second kappa shape index (κ2) is 8.55. The molecule has 1 aliphatic rings. The number of aromatic nitrogens is 6. The van der Waals surface area contributed by atoms with Crippen molar-refractivity contribution in [2.45, 2.75) is 37.8 Å². The molecule has 0 bridgehead atoms. The van der Waals surface area contributed by atoms with Crippen molar-refractivity contribution >= 4 is 5.82 Å². The van der Waals surface area contributed by atoms with Crippen LogP contribution in [0.1, 0.15) is 25.7 Å². The number of anilines is 1. The highest BCUT2D eigenvalue weighted by Gasteiger charge is 2.21. The third-order valence-corrected chi connectivity index (χ3v) is 6.05. The van der Waals surface area contributed by atoms with Crippen molar-refractivity contribution in [2.75, 3.05) is 5.32 Å². The number of rotatable bonds is 5. The third-order valence-electron chi connectivity index (χ3n) is 6.05. The van der Waals surface area contributed by atoms with E-state index in [1.807, 2.05) is 57.1 Å². The number of nitrogens with one attached hydrogen (secondary N) is 1. The average molecular weight is 429 g/mol. The summed E-state index contributed by atoms with van der Waals surface area (Å²) in [4.78, 5) is 9.66. The van der Waals surface area contributed by atoms with Crippen LogP contribution in [0.4, 0.5) is 5.82 Å². The molecule has 3 aromatic heterocycles. The number of hydrogen-bond acceptors (Lipinski definition) is 6. The van der Waals surface area contributed by atoms with Crippen LogP contribution in [0.15, 0.2) is 55.1 Å². The van der Waals surface area contributed by atoms with Crippen LogP contribution in [-0.4, -0.2) is 41.6 Å². The molecule has 0 saturated heterocycles. The van der Waals surface area contributed by atoms with Crippen molar-refractivity contribution in [3.05, 3.63) is 55.1 Å². The van der Waals surface area contributed by atoms with Gasteiger partial charge in [0.15, 0.2) is 5.82 Å². The van der Waals surface area contributed by atoms with Gasteiger partial charge in [-0.05, 0) is 43.4 Å². The molecular weight excluding hydrogens is 400 g/mol. The zero-order valence-electron chi connectivity index (χ0n) is 18.4. The minimum atomic E-state index is 0.305. The van der Waals surface area contributed by atoms with Crippen LogP contribution in [0.25, 0.3) is 33.8 Å². The summed E-state index contributed by atoms with van der Waals surface area (Å²) in [5.74, 6) is 1.51. The maximum atomic E-state index is 6.11. The Kier molecular flexibility index (Phi) is 5.45. The van der Waals surface area contributed by atoms with Gasteiger partial charge >= 0.3 is 0 Å². The Hall–Kier alpha value is -3.52. The molecule has 3 N–H and O–H groups in total. The van der Waals surface area contributed by atoms with Gasteiger partial charge in [-0.3, -0.25) is 9.36 Å². The van der Waals surface area contributed by atoms with Crippen molar-refractivity contribution in [3.8, 4) is 33.8 Å². The lowest BCUT2D eigenvalue weighted by Gasteiger charge is -2.27. The van der Waals surface area contributed by atoms with E-state index in [9.17, 15) is 0 Å². The Bertz CT molecular complexity index is 1220. The summed E-state index contributed by atoms with van der Waals surface area (Å²) in [6, 6.07) is 10.9. The van der Waals surface area contributed by atoms with E-state index in [2.05, 4.69) is 27.6 Å². The molecule has 4 aromatic rings. The van der Waals surface area contributed by atoms with Crippen molar-refractivity contribution in [1.29, 1.82) is 0 Å². The van der Waals surface area contributed by atoms with Gasteiger partial charge in [0, 0.05) is 55.9 Å². The zero-order chi connectivity index (χ0) is 22.1. The Morgan fingerprint density at radius 2 is 1.78 bits per heavy atom. The number of hydrogen-bond donors (Lipinski definition) is 2. The van der Waals surface area contributed by atoms with Gasteiger partial charge in [-0.25, -0.2) is 9.97 Å². The lowest BCUT2D eigenvalue weighted by atomic mass is 9.92. The summed E-state index contributed by atoms with van der Waals surface area (Å²) in [6.45, 7) is 0. The number of aryl methyl sites for hydroxylation is 2. The van der Waals surface area contributed by atoms with E-state index in [0.29, 0.717) is 17.9 Å². The van der Waals surface area contributed by atoms with Crippen LogP contribution >= 0.6 is 0 Å². The fourth-order valence-corrected chi connectivity index (χ4v) is 4.24. The second-order valence-corrected chi connectivity index (χ2v) is 8.57. The van der Waals surface area contributed by atoms with Crippen LogP contribution < -0.4 is 11.1 Å². The lowest BCUT2D eigenvalue weighted by molar-refractivity contribution is 0.410. The summed E-state index contributed by atoms with van der Waals surface area (Å²) in [7, 11) is 3.83. The molecule has 8 heteroatoms. The van der Waals surface area contributed by atoms with E-state index in [4.69, 9.17) is 15.7 Å². The largest absolute Gasteiger partial charge is 0.367 e. The van der Waals surface area contributed by atoms with Crippen LogP contribution in [0.5, 0.6) is 0 Å². The van der Waals surface area contributed by atoms with Crippen molar-refractivity contribution in [1.82, 2.24) is 29.5 Å². The van der Waals surface area contributed by atoms with E-state index in [0.717, 1.165) is 59.4 Å². The van der Waals surface area contributed by atoms with Gasteiger partial charge in [0.1, 0.15) is 5.82 Å². The summed E-state index contributed by atoms with van der Waals surface area (Å²) in [6.07, 6.45) is 11.8.